The fourth-order valence-corrected chi connectivity index (χ4v) is 6.16. The van der Waals surface area contributed by atoms with Gasteiger partial charge in [-0.3, -0.25) is 9.80 Å². The summed E-state index contributed by atoms with van der Waals surface area (Å²) in [6.45, 7) is 4.76. The molecule has 0 radical (unpaired) electrons. The molecule has 0 fully saturated rings. The molecule has 0 spiro atoms. The van der Waals surface area contributed by atoms with Crippen molar-refractivity contribution in [1.82, 2.24) is 38.5 Å². The number of rotatable bonds is 11. The molecule has 0 bridgehead atoms. The molecule has 0 unspecified atom stereocenters. The van der Waals surface area contributed by atoms with Crippen LogP contribution < -0.4 is 0 Å². The highest BCUT2D eigenvalue weighted by Gasteiger charge is 2.19. The van der Waals surface area contributed by atoms with Gasteiger partial charge in [0.25, 0.3) is 0 Å². The zero-order valence-electron chi connectivity index (χ0n) is 25.6. The normalized spacial score (nSPS) is 12.0. The molecule has 0 amide bonds. The van der Waals surface area contributed by atoms with Crippen LogP contribution in [0.3, 0.4) is 0 Å². The Hall–Kier alpha value is -4.79. The van der Waals surface area contributed by atoms with Crippen LogP contribution in [-0.2, 0) is 47.3 Å². The molecule has 0 aliphatic heterocycles. The van der Waals surface area contributed by atoms with Gasteiger partial charge in [-0.1, -0.05) is 66.7 Å². The molecule has 0 aliphatic rings. The van der Waals surface area contributed by atoms with Crippen molar-refractivity contribution in [3.05, 3.63) is 126 Å². The van der Waals surface area contributed by atoms with E-state index < -0.39 is 0 Å². The Morgan fingerprint density at radius 1 is 0.432 bits per heavy atom. The van der Waals surface area contributed by atoms with Crippen LogP contribution in [0.15, 0.2) is 103 Å². The van der Waals surface area contributed by atoms with Crippen molar-refractivity contribution in [2.24, 2.45) is 21.1 Å². The van der Waals surface area contributed by atoms with E-state index in [0.29, 0.717) is 0 Å². The molecule has 4 aromatic carbocycles. The van der Waals surface area contributed by atoms with Crippen LogP contribution in [0, 0.1) is 0 Å². The molecule has 3 heterocycles. The lowest BCUT2D eigenvalue weighted by Gasteiger charge is -2.27. The quantitative estimate of drug-likeness (QED) is 0.186. The average Bonchev–Trinajstić information content (AvgIpc) is 3.66. The molecule has 7 aromatic rings. The molecule has 0 N–H and O–H groups in total. The highest BCUT2D eigenvalue weighted by molar-refractivity contribution is 5.77. The predicted molar refractivity (Wildman–Crippen MR) is 177 cm³/mol. The SMILES string of the molecule is Cn1c(CN(CCN(Cc2nc3ccccc3n2C)Cc2nc3ccccc3n2C)Cc2ccccc2)nc2ccccc21. The molecule has 8 nitrogen and oxygen atoms in total. The Labute approximate surface area is 257 Å². The van der Waals surface area contributed by atoms with Gasteiger partial charge in [-0.05, 0) is 42.0 Å². The number of fused-ring (bicyclic) bond motifs is 3. The maximum Gasteiger partial charge on any atom is 0.123 e. The summed E-state index contributed by atoms with van der Waals surface area (Å²) in [4.78, 5) is 20.0. The monoisotopic (exact) mass is 582 g/mol. The van der Waals surface area contributed by atoms with E-state index in [1.807, 2.05) is 0 Å². The van der Waals surface area contributed by atoms with E-state index in [9.17, 15) is 0 Å². The first-order chi connectivity index (χ1) is 21.5. The van der Waals surface area contributed by atoms with Crippen molar-refractivity contribution >= 4 is 33.1 Å². The van der Waals surface area contributed by atoms with Crippen molar-refractivity contribution in [1.29, 1.82) is 0 Å². The first-order valence-corrected chi connectivity index (χ1v) is 15.2. The Balaban J connectivity index is 1.19. The van der Waals surface area contributed by atoms with Crippen LogP contribution in [0.2, 0.25) is 0 Å². The van der Waals surface area contributed by atoms with Crippen molar-refractivity contribution in [2.45, 2.75) is 26.2 Å². The van der Waals surface area contributed by atoms with Gasteiger partial charge < -0.3 is 13.7 Å². The van der Waals surface area contributed by atoms with E-state index in [4.69, 9.17) is 15.0 Å². The summed E-state index contributed by atoms with van der Waals surface area (Å²) in [5.74, 6) is 3.17. The van der Waals surface area contributed by atoms with Gasteiger partial charge in [0.05, 0.1) is 52.7 Å². The minimum absolute atomic E-state index is 0.722. The molecule has 0 aliphatic carbocycles. The fraction of sp³-hybridized carbons (Fsp3) is 0.250. The Kier molecular flexibility index (Phi) is 7.68. The maximum absolute atomic E-state index is 5.02. The van der Waals surface area contributed by atoms with Gasteiger partial charge in [0.2, 0.25) is 0 Å². The van der Waals surface area contributed by atoms with Crippen LogP contribution >= 0.6 is 0 Å². The highest BCUT2D eigenvalue weighted by atomic mass is 15.2. The summed E-state index contributed by atoms with van der Waals surface area (Å²) in [6, 6.07) is 35.8. The highest BCUT2D eigenvalue weighted by Crippen LogP contribution is 2.21. The van der Waals surface area contributed by atoms with Gasteiger partial charge >= 0.3 is 0 Å². The molecule has 222 valence electrons. The lowest BCUT2D eigenvalue weighted by molar-refractivity contribution is 0.173. The zero-order chi connectivity index (χ0) is 30.0. The van der Waals surface area contributed by atoms with Crippen LogP contribution in [0.4, 0.5) is 0 Å². The van der Waals surface area contributed by atoms with E-state index in [1.54, 1.807) is 0 Å². The van der Waals surface area contributed by atoms with Crippen LogP contribution in [0.1, 0.15) is 23.0 Å². The second-order valence-corrected chi connectivity index (χ2v) is 11.6. The lowest BCUT2D eigenvalue weighted by atomic mass is 10.2. The van der Waals surface area contributed by atoms with E-state index in [2.05, 4.69) is 148 Å². The number of aromatic nitrogens is 6. The smallest absolute Gasteiger partial charge is 0.123 e. The van der Waals surface area contributed by atoms with Gasteiger partial charge in [0.15, 0.2) is 0 Å². The standard InChI is InChI=1S/C36H38N8/c1-40-31-18-10-7-15-28(31)37-34(40)24-43(23-27-13-5-4-6-14-27)21-22-44(25-35-38-29-16-8-11-19-32(29)41(35)2)26-36-39-30-17-9-12-20-33(30)42(36)3/h4-20H,21-26H2,1-3H3. The van der Waals surface area contributed by atoms with E-state index in [1.165, 1.54) is 5.56 Å². The second-order valence-electron chi connectivity index (χ2n) is 11.6. The third kappa shape index (κ3) is 5.62. The van der Waals surface area contributed by atoms with Gasteiger partial charge in [0, 0.05) is 40.8 Å². The van der Waals surface area contributed by atoms with Gasteiger partial charge in [0.1, 0.15) is 17.5 Å². The summed E-state index contributed by atoms with van der Waals surface area (Å²) in [5.41, 5.74) is 7.85. The van der Waals surface area contributed by atoms with Crippen LogP contribution in [-0.4, -0.2) is 51.5 Å². The molecule has 0 saturated heterocycles. The van der Waals surface area contributed by atoms with Gasteiger partial charge in [-0.25, -0.2) is 15.0 Å². The summed E-state index contributed by atoms with van der Waals surface area (Å²) < 4.78 is 6.67. The number of aryl methyl sites for hydroxylation is 3. The zero-order valence-corrected chi connectivity index (χ0v) is 25.6. The van der Waals surface area contributed by atoms with Gasteiger partial charge in [-0.2, -0.15) is 0 Å². The summed E-state index contributed by atoms with van der Waals surface area (Å²) in [5, 5.41) is 0. The Morgan fingerprint density at radius 3 is 1.16 bits per heavy atom. The minimum atomic E-state index is 0.722. The first-order valence-electron chi connectivity index (χ1n) is 15.2. The maximum atomic E-state index is 5.02. The third-order valence-corrected chi connectivity index (χ3v) is 8.72. The van der Waals surface area contributed by atoms with E-state index in [-0.39, 0.29) is 0 Å². The summed E-state index contributed by atoms with van der Waals surface area (Å²) in [6.07, 6.45) is 0. The molecule has 0 saturated carbocycles. The molecule has 44 heavy (non-hydrogen) atoms. The molecule has 8 heteroatoms. The number of nitrogens with zero attached hydrogens (tertiary/aromatic N) is 8. The fourth-order valence-electron chi connectivity index (χ4n) is 6.16. The lowest BCUT2D eigenvalue weighted by Crippen LogP contribution is -2.35. The minimum Gasteiger partial charge on any atom is -0.330 e. The van der Waals surface area contributed by atoms with Crippen molar-refractivity contribution in [3.8, 4) is 0 Å². The van der Waals surface area contributed by atoms with Gasteiger partial charge in [-0.15, -0.1) is 0 Å². The van der Waals surface area contributed by atoms with Crippen molar-refractivity contribution < 1.29 is 0 Å². The average molecular weight is 583 g/mol. The summed E-state index contributed by atoms with van der Waals surface area (Å²) >= 11 is 0. The number of imidazole rings is 3. The van der Waals surface area contributed by atoms with E-state index >= 15 is 0 Å². The molecular weight excluding hydrogens is 544 g/mol. The van der Waals surface area contributed by atoms with Crippen molar-refractivity contribution in [2.75, 3.05) is 13.1 Å². The third-order valence-electron chi connectivity index (χ3n) is 8.72. The number of para-hydroxylation sites is 6. The van der Waals surface area contributed by atoms with Crippen molar-refractivity contribution in [3.63, 3.8) is 0 Å². The number of benzene rings is 4. The summed E-state index contributed by atoms with van der Waals surface area (Å²) in [7, 11) is 6.35. The van der Waals surface area contributed by atoms with Crippen LogP contribution in [0.5, 0.6) is 0 Å². The second kappa shape index (κ2) is 12.1. The largest absolute Gasteiger partial charge is 0.330 e. The number of hydrogen-bond acceptors (Lipinski definition) is 5. The Morgan fingerprint density at radius 2 is 0.773 bits per heavy atom. The molecule has 3 aromatic heterocycles. The Bertz CT molecular complexity index is 1950. The topological polar surface area (TPSA) is 59.9 Å². The first kappa shape index (κ1) is 28.0. The predicted octanol–water partition coefficient (Wildman–Crippen LogP) is 6.05. The molecule has 0 atom stereocenters. The molecular formula is C36H38N8. The van der Waals surface area contributed by atoms with E-state index in [0.717, 1.165) is 89.8 Å². The molecule has 7 rings (SSSR count). The van der Waals surface area contributed by atoms with Crippen LogP contribution in [0.25, 0.3) is 33.1 Å². The number of hydrogen-bond donors (Lipinski definition) is 0.